The molecule has 0 radical (unpaired) electrons. The van der Waals surface area contributed by atoms with Crippen LogP contribution in [0.5, 0.6) is 0 Å². The second-order valence-electron chi connectivity index (χ2n) is 5.76. The van der Waals surface area contributed by atoms with E-state index < -0.39 is 11.8 Å². The number of nitrogens with one attached hydrogen (secondary N) is 1. The molecule has 110 valence electrons. The Morgan fingerprint density at radius 1 is 1.05 bits per heavy atom. The number of carbonyl (C=O) groups is 2. The van der Waals surface area contributed by atoms with Gasteiger partial charge in [0, 0.05) is 18.8 Å². The molecule has 0 bridgehead atoms. The molecule has 0 saturated carbocycles. The normalized spacial score (nSPS) is 11.1. The summed E-state index contributed by atoms with van der Waals surface area (Å²) in [7, 11) is 0. The van der Waals surface area contributed by atoms with Crippen molar-refractivity contribution in [3.63, 3.8) is 0 Å². The molecule has 0 aromatic heterocycles. The minimum atomic E-state index is -0.586. The number of hydrogen-bond donors (Lipinski definition) is 1. The molecule has 4 nitrogen and oxygen atoms in total. The van der Waals surface area contributed by atoms with Crippen LogP contribution in [0.1, 0.15) is 40.2 Å². The van der Waals surface area contributed by atoms with Gasteiger partial charge in [0.2, 0.25) is 0 Å². The van der Waals surface area contributed by atoms with Crippen molar-refractivity contribution >= 4 is 17.5 Å². The van der Waals surface area contributed by atoms with Crippen LogP contribution in [0.4, 0.5) is 5.69 Å². The second-order valence-corrected chi connectivity index (χ2v) is 5.76. The van der Waals surface area contributed by atoms with Crippen LogP contribution < -0.4 is 5.32 Å². The third-order valence-electron chi connectivity index (χ3n) is 3.25. The summed E-state index contributed by atoms with van der Waals surface area (Å²) >= 11 is 0. The van der Waals surface area contributed by atoms with E-state index in [1.54, 1.807) is 0 Å². The highest BCUT2D eigenvalue weighted by atomic mass is 16.2. The summed E-state index contributed by atoms with van der Waals surface area (Å²) in [6, 6.07) is 7.59. The van der Waals surface area contributed by atoms with Crippen LogP contribution in [0.3, 0.4) is 0 Å². The van der Waals surface area contributed by atoms with Crippen molar-refractivity contribution in [3.05, 3.63) is 29.8 Å². The van der Waals surface area contributed by atoms with E-state index in [-0.39, 0.29) is 5.41 Å². The van der Waals surface area contributed by atoms with Gasteiger partial charge in [-0.05, 0) is 37.0 Å². The highest BCUT2D eigenvalue weighted by Gasteiger charge is 2.19. The molecule has 0 aliphatic heterocycles. The number of benzene rings is 1. The summed E-state index contributed by atoms with van der Waals surface area (Å²) < 4.78 is 0. The quantitative estimate of drug-likeness (QED) is 0.863. The maximum absolute atomic E-state index is 11.9. The molecule has 0 saturated heterocycles. The monoisotopic (exact) mass is 276 g/mol. The van der Waals surface area contributed by atoms with Crippen LogP contribution in [-0.2, 0) is 15.0 Å². The fraction of sp³-hybridized carbons (Fsp3) is 0.500. The molecule has 0 atom stereocenters. The molecule has 2 amide bonds. The Labute approximate surface area is 121 Å². The fourth-order valence-electron chi connectivity index (χ4n) is 1.89. The zero-order valence-electron chi connectivity index (χ0n) is 13.0. The summed E-state index contributed by atoms with van der Waals surface area (Å²) in [4.78, 5) is 25.2. The number of rotatable bonds is 3. The Balaban J connectivity index is 2.74. The smallest absolute Gasteiger partial charge is 0.313 e. The zero-order chi connectivity index (χ0) is 15.3. The van der Waals surface area contributed by atoms with Crippen LogP contribution in [0, 0.1) is 0 Å². The molecular weight excluding hydrogens is 252 g/mol. The van der Waals surface area contributed by atoms with E-state index in [1.807, 2.05) is 38.1 Å². The maximum atomic E-state index is 11.9. The van der Waals surface area contributed by atoms with Crippen molar-refractivity contribution in [2.45, 2.75) is 40.0 Å². The van der Waals surface area contributed by atoms with Crippen molar-refractivity contribution < 1.29 is 9.59 Å². The zero-order valence-corrected chi connectivity index (χ0v) is 13.0. The van der Waals surface area contributed by atoms with Gasteiger partial charge in [0.05, 0.1) is 0 Å². The molecule has 1 rings (SSSR count). The highest BCUT2D eigenvalue weighted by molar-refractivity contribution is 6.39. The lowest BCUT2D eigenvalue weighted by molar-refractivity contribution is -0.142. The molecule has 1 N–H and O–H groups in total. The van der Waals surface area contributed by atoms with Gasteiger partial charge in [-0.25, -0.2) is 0 Å². The number of amides is 2. The number of carbonyl (C=O) groups excluding carboxylic acids is 2. The van der Waals surface area contributed by atoms with E-state index in [1.165, 1.54) is 10.5 Å². The molecule has 1 aromatic carbocycles. The molecule has 0 unspecified atom stereocenters. The first-order valence-electron chi connectivity index (χ1n) is 7.00. The van der Waals surface area contributed by atoms with Gasteiger partial charge >= 0.3 is 11.8 Å². The number of anilines is 1. The van der Waals surface area contributed by atoms with E-state index in [9.17, 15) is 9.59 Å². The highest BCUT2D eigenvalue weighted by Crippen LogP contribution is 2.23. The second kappa shape index (κ2) is 6.55. The molecule has 0 aliphatic carbocycles. The minimum absolute atomic E-state index is 0.0690. The van der Waals surface area contributed by atoms with E-state index in [2.05, 4.69) is 26.1 Å². The van der Waals surface area contributed by atoms with E-state index in [4.69, 9.17) is 0 Å². The van der Waals surface area contributed by atoms with Crippen molar-refractivity contribution in [3.8, 4) is 0 Å². The average Bonchev–Trinajstić information content (AvgIpc) is 2.39. The first-order valence-corrected chi connectivity index (χ1v) is 7.00. The lowest BCUT2D eigenvalue weighted by atomic mass is 9.87. The number of likely N-dealkylation sites (N-methyl/N-ethyl adjacent to an activating group) is 1. The predicted octanol–water partition coefficient (Wildman–Crippen LogP) is 2.79. The third kappa shape index (κ3) is 4.08. The first-order chi connectivity index (χ1) is 9.29. The standard InChI is InChI=1S/C16H24N2O2/c1-6-18(7-2)15(20)14(19)17-13-10-8-12(9-11-13)16(3,4)5/h8-11H,6-7H2,1-5H3,(H,17,19). The Morgan fingerprint density at radius 2 is 1.55 bits per heavy atom. The molecule has 0 aliphatic rings. The molecule has 1 aromatic rings. The van der Waals surface area contributed by atoms with Crippen molar-refractivity contribution in [1.82, 2.24) is 4.90 Å². The summed E-state index contributed by atoms with van der Waals surface area (Å²) in [6.07, 6.45) is 0. The van der Waals surface area contributed by atoms with Gasteiger partial charge in [0.15, 0.2) is 0 Å². The molecule has 4 heteroatoms. The maximum Gasteiger partial charge on any atom is 0.313 e. The van der Waals surface area contributed by atoms with Gasteiger partial charge in [-0.1, -0.05) is 32.9 Å². The van der Waals surface area contributed by atoms with Gasteiger partial charge in [-0.15, -0.1) is 0 Å². The Kier molecular flexibility index (Phi) is 5.31. The molecule has 0 fully saturated rings. The van der Waals surface area contributed by atoms with E-state index in [0.717, 1.165) is 0 Å². The topological polar surface area (TPSA) is 49.4 Å². The van der Waals surface area contributed by atoms with Gasteiger partial charge in [0.25, 0.3) is 0 Å². The van der Waals surface area contributed by atoms with Gasteiger partial charge in [0.1, 0.15) is 0 Å². The van der Waals surface area contributed by atoms with Crippen molar-refractivity contribution in [2.75, 3.05) is 18.4 Å². The van der Waals surface area contributed by atoms with Crippen LogP contribution in [-0.4, -0.2) is 29.8 Å². The van der Waals surface area contributed by atoms with Gasteiger partial charge in [-0.3, -0.25) is 9.59 Å². The summed E-state index contributed by atoms with van der Waals surface area (Å²) in [5.41, 5.74) is 1.90. The largest absolute Gasteiger partial charge is 0.335 e. The van der Waals surface area contributed by atoms with Crippen LogP contribution >= 0.6 is 0 Å². The number of hydrogen-bond acceptors (Lipinski definition) is 2. The third-order valence-corrected chi connectivity index (χ3v) is 3.25. The van der Waals surface area contributed by atoms with Gasteiger partial charge < -0.3 is 10.2 Å². The Bertz CT molecular complexity index is 468. The first kappa shape index (κ1) is 16.2. The lowest BCUT2D eigenvalue weighted by Crippen LogP contribution is -2.39. The minimum Gasteiger partial charge on any atom is -0.335 e. The Hall–Kier alpha value is -1.84. The molecule has 0 heterocycles. The molecule has 20 heavy (non-hydrogen) atoms. The Morgan fingerprint density at radius 3 is 1.95 bits per heavy atom. The summed E-state index contributed by atoms with van der Waals surface area (Å²) in [5.74, 6) is -1.08. The van der Waals surface area contributed by atoms with Crippen LogP contribution in [0.15, 0.2) is 24.3 Å². The lowest BCUT2D eigenvalue weighted by Gasteiger charge is -2.20. The van der Waals surface area contributed by atoms with E-state index >= 15 is 0 Å². The summed E-state index contributed by atoms with van der Waals surface area (Å²) in [6.45, 7) is 11.2. The predicted molar refractivity (Wildman–Crippen MR) is 81.7 cm³/mol. The SMILES string of the molecule is CCN(CC)C(=O)C(=O)Nc1ccc(C(C)(C)C)cc1. The van der Waals surface area contributed by atoms with Crippen LogP contribution in [0.25, 0.3) is 0 Å². The van der Waals surface area contributed by atoms with Crippen molar-refractivity contribution in [2.24, 2.45) is 0 Å². The molecular formula is C16H24N2O2. The van der Waals surface area contributed by atoms with Crippen molar-refractivity contribution in [1.29, 1.82) is 0 Å². The van der Waals surface area contributed by atoms with Gasteiger partial charge in [-0.2, -0.15) is 0 Å². The summed E-state index contributed by atoms with van der Waals surface area (Å²) in [5, 5.41) is 2.64. The average molecular weight is 276 g/mol. The molecule has 0 spiro atoms. The van der Waals surface area contributed by atoms with E-state index in [0.29, 0.717) is 18.8 Å². The fourth-order valence-corrected chi connectivity index (χ4v) is 1.89. The van der Waals surface area contributed by atoms with Crippen LogP contribution in [0.2, 0.25) is 0 Å². The number of nitrogens with zero attached hydrogens (tertiary/aromatic N) is 1.